The first kappa shape index (κ1) is 13.3. The lowest BCUT2D eigenvalue weighted by Crippen LogP contribution is -2.49. The third kappa shape index (κ3) is 2.24. The van der Waals surface area contributed by atoms with Crippen LogP contribution in [0.25, 0.3) is 0 Å². The summed E-state index contributed by atoms with van der Waals surface area (Å²) in [5.74, 6) is 0.413. The maximum absolute atomic E-state index is 12.5. The molecule has 0 bridgehead atoms. The van der Waals surface area contributed by atoms with Gasteiger partial charge < -0.3 is 5.32 Å². The van der Waals surface area contributed by atoms with Crippen molar-refractivity contribution in [2.75, 3.05) is 0 Å². The lowest BCUT2D eigenvalue weighted by molar-refractivity contribution is -0.132. The molecule has 1 aliphatic heterocycles. The predicted molar refractivity (Wildman–Crippen MR) is 77.7 cm³/mol. The van der Waals surface area contributed by atoms with Gasteiger partial charge in [0.2, 0.25) is 0 Å². The molecule has 0 aromatic carbocycles. The van der Waals surface area contributed by atoms with Gasteiger partial charge in [0.05, 0.1) is 6.21 Å². The normalized spacial score (nSPS) is 30.4. The highest BCUT2D eigenvalue weighted by Gasteiger charge is 2.52. The molecule has 0 unspecified atom stereocenters. The van der Waals surface area contributed by atoms with E-state index in [1.54, 1.807) is 6.21 Å². The van der Waals surface area contributed by atoms with Crippen molar-refractivity contribution >= 4 is 29.5 Å². The van der Waals surface area contributed by atoms with Gasteiger partial charge in [-0.15, -0.1) is 16.3 Å². The van der Waals surface area contributed by atoms with Gasteiger partial charge in [0, 0.05) is 4.88 Å². The van der Waals surface area contributed by atoms with E-state index in [-0.39, 0.29) is 5.91 Å². The molecule has 6 heteroatoms. The van der Waals surface area contributed by atoms with E-state index in [9.17, 15) is 9.59 Å². The van der Waals surface area contributed by atoms with Crippen LogP contribution in [0.5, 0.6) is 0 Å². The summed E-state index contributed by atoms with van der Waals surface area (Å²) >= 11 is 1.52. The van der Waals surface area contributed by atoms with Gasteiger partial charge in [-0.25, -0.2) is 4.79 Å². The molecule has 0 radical (unpaired) electrons. The Bertz CT molecular complexity index is 545. The van der Waals surface area contributed by atoms with Crippen LogP contribution in [0.4, 0.5) is 4.79 Å². The summed E-state index contributed by atoms with van der Waals surface area (Å²) in [5.41, 5.74) is -0.712. The van der Waals surface area contributed by atoms with Gasteiger partial charge in [0.15, 0.2) is 0 Å². The van der Waals surface area contributed by atoms with E-state index in [0.29, 0.717) is 18.8 Å². The summed E-state index contributed by atoms with van der Waals surface area (Å²) in [5, 5.41) is 9.81. The van der Waals surface area contributed by atoms with Gasteiger partial charge >= 0.3 is 6.03 Å². The Morgan fingerprint density at radius 1 is 1.45 bits per heavy atom. The highest BCUT2D eigenvalue weighted by atomic mass is 32.1. The minimum absolute atomic E-state index is 0.206. The summed E-state index contributed by atoms with van der Waals surface area (Å²) in [6, 6.07) is 3.39. The minimum atomic E-state index is -0.712. The van der Waals surface area contributed by atoms with Gasteiger partial charge in [0.25, 0.3) is 5.91 Å². The molecule has 1 saturated carbocycles. The molecule has 3 amide bonds. The third-order valence-electron chi connectivity index (χ3n) is 4.11. The summed E-state index contributed by atoms with van der Waals surface area (Å²) in [4.78, 5) is 25.4. The molecule has 3 rings (SSSR count). The van der Waals surface area contributed by atoms with Gasteiger partial charge in [-0.1, -0.05) is 13.0 Å². The molecule has 1 spiro atoms. The monoisotopic (exact) mass is 291 g/mol. The molecule has 1 aliphatic carbocycles. The molecule has 20 heavy (non-hydrogen) atoms. The number of thiophene rings is 1. The molecule has 1 N–H and O–H groups in total. The number of carbonyl (C=O) groups excluding carboxylic acids is 2. The van der Waals surface area contributed by atoms with Crippen LogP contribution in [0.1, 0.15) is 37.5 Å². The van der Waals surface area contributed by atoms with Crippen molar-refractivity contribution in [1.82, 2.24) is 10.3 Å². The summed E-state index contributed by atoms with van der Waals surface area (Å²) < 4.78 is 0. The van der Waals surface area contributed by atoms with Crippen molar-refractivity contribution in [3.05, 3.63) is 22.4 Å². The van der Waals surface area contributed by atoms with Crippen molar-refractivity contribution in [2.24, 2.45) is 11.0 Å². The van der Waals surface area contributed by atoms with E-state index < -0.39 is 11.6 Å². The Morgan fingerprint density at radius 3 is 2.85 bits per heavy atom. The minimum Gasteiger partial charge on any atom is -0.321 e. The quantitative estimate of drug-likeness (QED) is 0.672. The van der Waals surface area contributed by atoms with E-state index in [1.807, 2.05) is 17.5 Å². The van der Waals surface area contributed by atoms with Crippen LogP contribution in [-0.4, -0.2) is 28.7 Å². The summed E-state index contributed by atoms with van der Waals surface area (Å²) in [6.07, 6.45) is 4.92. The van der Waals surface area contributed by atoms with Crippen LogP contribution >= 0.6 is 11.3 Å². The van der Waals surface area contributed by atoms with Gasteiger partial charge in [-0.05, 0) is 43.0 Å². The van der Waals surface area contributed by atoms with Crippen molar-refractivity contribution in [1.29, 1.82) is 0 Å². The lowest BCUT2D eigenvalue weighted by Gasteiger charge is -2.33. The highest BCUT2D eigenvalue weighted by Crippen LogP contribution is 2.36. The first-order chi connectivity index (χ1) is 9.61. The highest BCUT2D eigenvalue weighted by molar-refractivity contribution is 7.11. The number of amides is 3. The fourth-order valence-electron chi connectivity index (χ4n) is 2.78. The Hall–Kier alpha value is -1.69. The van der Waals surface area contributed by atoms with Crippen molar-refractivity contribution in [3.8, 4) is 0 Å². The average molecular weight is 291 g/mol. The maximum Gasteiger partial charge on any atom is 0.346 e. The first-order valence-electron chi connectivity index (χ1n) is 6.85. The molecule has 2 heterocycles. The van der Waals surface area contributed by atoms with Crippen LogP contribution in [0, 0.1) is 5.92 Å². The Morgan fingerprint density at radius 2 is 2.20 bits per heavy atom. The Labute approximate surface area is 121 Å². The number of rotatable bonds is 2. The van der Waals surface area contributed by atoms with E-state index in [0.717, 1.165) is 22.7 Å². The third-order valence-corrected chi connectivity index (χ3v) is 4.92. The van der Waals surface area contributed by atoms with Crippen LogP contribution in [-0.2, 0) is 4.79 Å². The molecule has 5 nitrogen and oxygen atoms in total. The fraction of sp³-hybridized carbons (Fsp3) is 0.500. The topological polar surface area (TPSA) is 61.8 Å². The molecule has 2 fully saturated rings. The number of hydrogen-bond acceptors (Lipinski definition) is 4. The molecule has 0 atom stereocenters. The molecule has 2 aliphatic rings. The van der Waals surface area contributed by atoms with Crippen molar-refractivity contribution in [3.63, 3.8) is 0 Å². The molecule has 1 aromatic heterocycles. The SMILES string of the molecule is CC1CCC2(CC1)NC(=O)N(/N=C\c1cccs1)C2=O. The van der Waals surface area contributed by atoms with E-state index >= 15 is 0 Å². The van der Waals surface area contributed by atoms with Gasteiger partial charge in [-0.3, -0.25) is 4.79 Å². The Kier molecular flexibility index (Phi) is 3.33. The molecule has 106 valence electrons. The molecule has 1 saturated heterocycles. The van der Waals surface area contributed by atoms with E-state index in [4.69, 9.17) is 0 Å². The number of hydrazone groups is 1. The van der Waals surface area contributed by atoms with Crippen LogP contribution in [0.3, 0.4) is 0 Å². The number of urea groups is 1. The molecule has 1 aromatic rings. The van der Waals surface area contributed by atoms with Crippen molar-refractivity contribution in [2.45, 2.75) is 38.1 Å². The van der Waals surface area contributed by atoms with E-state index in [1.165, 1.54) is 11.3 Å². The number of imide groups is 1. The van der Waals surface area contributed by atoms with Gasteiger partial charge in [-0.2, -0.15) is 5.10 Å². The fourth-order valence-corrected chi connectivity index (χ4v) is 3.36. The maximum atomic E-state index is 12.5. The Balaban J connectivity index is 1.77. The number of nitrogens with zero attached hydrogens (tertiary/aromatic N) is 2. The van der Waals surface area contributed by atoms with E-state index in [2.05, 4.69) is 17.3 Å². The van der Waals surface area contributed by atoms with Crippen molar-refractivity contribution < 1.29 is 9.59 Å². The number of hydrogen-bond donors (Lipinski definition) is 1. The lowest BCUT2D eigenvalue weighted by atomic mass is 9.77. The standard InChI is InChI=1S/C14H17N3O2S/c1-10-4-6-14(7-5-10)12(18)17(13(19)16-14)15-9-11-3-2-8-20-11/h2-3,8-10H,4-7H2,1H3,(H,16,19)/b15-9-. The van der Waals surface area contributed by atoms with Crippen LogP contribution in [0.2, 0.25) is 0 Å². The zero-order valence-electron chi connectivity index (χ0n) is 11.3. The summed E-state index contributed by atoms with van der Waals surface area (Å²) in [6.45, 7) is 2.18. The smallest absolute Gasteiger partial charge is 0.321 e. The largest absolute Gasteiger partial charge is 0.346 e. The first-order valence-corrected chi connectivity index (χ1v) is 7.73. The second kappa shape index (κ2) is 5.01. The molecular formula is C14H17N3O2S. The number of nitrogens with one attached hydrogen (secondary N) is 1. The second-order valence-electron chi connectivity index (χ2n) is 5.57. The van der Waals surface area contributed by atoms with Gasteiger partial charge in [0.1, 0.15) is 5.54 Å². The van der Waals surface area contributed by atoms with Crippen LogP contribution in [0.15, 0.2) is 22.6 Å². The number of carbonyl (C=O) groups is 2. The van der Waals surface area contributed by atoms with Crippen LogP contribution < -0.4 is 5.32 Å². The molecular weight excluding hydrogens is 274 g/mol. The summed E-state index contributed by atoms with van der Waals surface area (Å²) in [7, 11) is 0. The average Bonchev–Trinajstić information content (AvgIpc) is 3.01. The second-order valence-corrected chi connectivity index (χ2v) is 6.55. The predicted octanol–water partition coefficient (Wildman–Crippen LogP) is 2.58. The zero-order valence-corrected chi connectivity index (χ0v) is 12.2. The zero-order chi connectivity index (χ0) is 14.2.